The minimum atomic E-state index is -0.419. The number of carbonyl (C=O) groups excluding carboxylic acids is 2. The normalized spacial score (nSPS) is 25.4. The molecule has 0 bridgehead atoms. The molecule has 0 aliphatic carbocycles. The Morgan fingerprint density at radius 2 is 1.48 bits per heavy atom. The van der Waals surface area contributed by atoms with Crippen LogP contribution in [0, 0.1) is 0 Å². The van der Waals surface area contributed by atoms with Crippen molar-refractivity contribution in [3.05, 3.63) is 12.2 Å². The van der Waals surface area contributed by atoms with Gasteiger partial charge in [-0.3, -0.25) is 9.59 Å². The number of rotatable bonds is 3. The third-order valence-electron chi connectivity index (χ3n) is 2.91. The molecule has 1 amide bonds. The minimum Gasteiger partial charge on any atom is -0.455 e. The lowest BCUT2D eigenvalue weighted by Gasteiger charge is -2.45. The Morgan fingerprint density at radius 3 is 1.87 bits per heavy atom. The van der Waals surface area contributed by atoms with E-state index >= 15 is 0 Å². The van der Waals surface area contributed by atoms with E-state index in [-0.39, 0.29) is 32.1 Å². The van der Waals surface area contributed by atoms with Crippen LogP contribution in [0.3, 0.4) is 0 Å². The molecule has 0 aromatic carbocycles. The summed E-state index contributed by atoms with van der Waals surface area (Å²) in [4.78, 5) is 25.6. The standard InChI is InChI=1S/C17H29NO3S2/c1-11(19)18-14(22-16(3,4)5)10-9-13(21-12(2)20)15(18)23-17(6,7)8/h9-10,13-15H,1-8H3. The molecule has 6 heteroatoms. The van der Waals surface area contributed by atoms with Gasteiger partial charge in [0.1, 0.15) is 11.5 Å². The van der Waals surface area contributed by atoms with Crippen LogP contribution in [0.15, 0.2) is 12.2 Å². The second-order valence-electron chi connectivity index (χ2n) is 7.63. The summed E-state index contributed by atoms with van der Waals surface area (Å²) in [5.74, 6) is -0.334. The third-order valence-corrected chi connectivity index (χ3v) is 5.69. The first-order chi connectivity index (χ1) is 10.3. The van der Waals surface area contributed by atoms with E-state index in [2.05, 4.69) is 41.5 Å². The van der Waals surface area contributed by atoms with Crippen molar-refractivity contribution < 1.29 is 14.3 Å². The van der Waals surface area contributed by atoms with Gasteiger partial charge in [-0.25, -0.2) is 0 Å². The molecule has 4 nitrogen and oxygen atoms in total. The first-order valence-corrected chi connectivity index (χ1v) is 9.56. The Hall–Kier alpha value is -0.620. The molecule has 0 aromatic heterocycles. The van der Waals surface area contributed by atoms with Gasteiger partial charge in [-0.1, -0.05) is 47.6 Å². The zero-order valence-corrected chi connectivity index (χ0v) is 17.0. The summed E-state index contributed by atoms with van der Waals surface area (Å²) in [6.45, 7) is 15.7. The van der Waals surface area contributed by atoms with Gasteiger partial charge in [0.15, 0.2) is 0 Å². The fraction of sp³-hybridized carbons (Fsp3) is 0.765. The van der Waals surface area contributed by atoms with Gasteiger partial charge in [-0.05, 0) is 6.08 Å². The number of amides is 1. The summed E-state index contributed by atoms with van der Waals surface area (Å²) in [6.07, 6.45) is 3.48. The molecule has 3 unspecified atom stereocenters. The summed E-state index contributed by atoms with van der Waals surface area (Å²) >= 11 is 3.39. The Balaban J connectivity index is 3.19. The fourth-order valence-electron chi connectivity index (χ4n) is 2.29. The molecule has 0 fully saturated rings. The van der Waals surface area contributed by atoms with E-state index in [9.17, 15) is 9.59 Å². The molecular formula is C17H29NO3S2. The zero-order chi connectivity index (χ0) is 18.0. The Kier molecular flexibility index (Phi) is 6.67. The third kappa shape index (κ3) is 6.79. The summed E-state index contributed by atoms with van der Waals surface area (Å²) in [5.41, 5.74) is 0. The lowest BCUT2D eigenvalue weighted by atomic mass is 10.2. The molecule has 0 aromatic rings. The molecule has 1 aliphatic heterocycles. The number of carbonyl (C=O) groups is 2. The number of nitrogens with zero attached hydrogens (tertiary/aromatic N) is 1. The van der Waals surface area contributed by atoms with Crippen LogP contribution in [0.2, 0.25) is 0 Å². The van der Waals surface area contributed by atoms with Gasteiger partial charge in [0, 0.05) is 23.3 Å². The van der Waals surface area contributed by atoms with Crippen molar-refractivity contribution in [1.29, 1.82) is 0 Å². The SMILES string of the molecule is CC(=O)OC1C=CC(SC(C)(C)C)N(C(C)=O)C1SC(C)(C)C. The Bertz CT molecular complexity index is 477. The molecular weight excluding hydrogens is 330 g/mol. The van der Waals surface area contributed by atoms with Crippen molar-refractivity contribution >= 4 is 35.4 Å². The highest BCUT2D eigenvalue weighted by Gasteiger charge is 2.41. The van der Waals surface area contributed by atoms with E-state index in [1.807, 2.05) is 17.1 Å². The summed E-state index contributed by atoms with van der Waals surface area (Å²) < 4.78 is 5.42. The van der Waals surface area contributed by atoms with Gasteiger partial charge < -0.3 is 9.64 Å². The van der Waals surface area contributed by atoms with E-state index in [1.54, 1.807) is 30.4 Å². The highest BCUT2D eigenvalue weighted by Crippen LogP contribution is 2.41. The van der Waals surface area contributed by atoms with Gasteiger partial charge in [0.05, 0.1) is 5.37 Å². The quantitative estimate of drug-likeness (QED) is 0.562. The lowest BCUT2D eigenvalue weighted by molar-refractivity contribution is -0.148. The monoisotopic (exact) mass is 359 g/mol. The van der Waals surface area contributed by atoms with Gasteiger partial charge in [0.2, 0.25) is 5.91 Å². The van der Waals surface area contributed by atoms with Crippen LogP contribution in [0.1, 0.15) is 55.4 Å². The average Bonchev–Trinajstić information content (AvgIpc) is 2.27. The Labute approximate surface area is 148 Å². The lowest BCUT2D eigenvalue weighted by Crippen LogP contribution is -2.53. The molecule has 0 saturated heterocycles. The maximum absolute atomic E-state index is 12.3. The van der Waals surface area contributed by atoms with Gasteiger partial charge in [-0.15, -0.1) is 23.5 Å². The van der Waals surface area contributed by atoms with Gasteiger partial charge >= 0.3 is 5.97 Å². The maximum Gasteiger partial charge on any atom is 0.303 e. The molecule has 132 valence electrons. The summed E-state index contributed by atoms with van der Waals surface area (Å²) in [5, 5.41) is -0.277. The van der Waals surface area contributed by atoms with Crippen LogP contribution in [-0.2, 0) is 14.3 Å². The van der Waals surface area contributed by atoms with E-state index in [4.69, 9.17) is 4.74 Å². The van der Waals surface area contributed by atoms with Crippen molar-refractivity contribution in [2.45, 2.75) is 81.7 Å². The largest absolute Gasteiger partial charge is 0.455 e. The van der Waals surface area contributed by atoms with Crippen LogP contribution < -0.4 is 0 Å². The molecule has 0 saturated carbocycles. The van der Waals surface area contributed by atoms with Crippen LogP contribution in [0.4, 0.5) is 0 Å². The predicted molar refractivity (Wildman–Crippen MR) is 99.5 cm³/mol. The molecule has 1 heterocycles. The molecule has 0 N–H and O–H groups in total. The molecule has 0 spiro atoms. The second kappa shape index (κ2) is 7.51. The number of ether oxygens (including phenoxy) is 1. The van der Waals surface area contributed by atoms with E-state index < -0.39 is 6.10 Å². The van der Waals surface area contributed by atoms with Gasteiger partial charge in [-0.2, -0.15) is 0 Å². The smallest absolute Gasteiger partial charge is 0.303 e. The molecule has 1 rings (SSSR count). The fourth-order valence-corrected chi connectivity index (χ4v) is 5.05. The number of esters is 1. The number of hydrogen-bond acceptors (Lipinski definition) is 5. The zero-order valence-electron chi connectivity index (χ0n) is 15.4. The van der Waals surface area contributed by atoms with E-state index in [0.29, 0.717) is 0 Å². The Morgan fingerprint density at radius 1 is 0.957 bits per heavy atom. The number of hydrogen-bond donors (Lipinski definition) is 0. The molecule has 0 radical (unpaired) electrons. The van der Waals surface area contributed by atoms with Crippen molar-refractivity contribution in [3.63, 3.8) is 0 Å². The first kappa shape index (κ1) is 20.4. The van der Waals surface area contributed by atoms with E-state index in [1.165, 1.54) is 6.92 Å². The summed E-state index contributed by atoms with van der Waals surface area (Å²) in [6, 6.07) is 0. The second-order valence-corrected chi connectivity index (χ2v) is 11.5. The summed E-state index contributed by atoms with van der Waals surface area (Å²) in [7, 11) is 0. The highest BCUT2D eigenvalue weighted by atomic mass is 32.2. The predicted octanol–water partition coefficient (Wildman–Crippen LogP) is 4.05. The van der Waals surface area contributed by atoms with Crippen LogP contribution in [-0.4, -0.2) is 43.1 Å². The van der Waals surface area contributed by atoms with Crippen LogP contribution >= 0.6 is 23.5 Å². The topological polar surface area (TPSA) is 46.6 Å². The van der Waals surface area contributed by atoms with Crippen LogP contribution in [0.25, 0.3) is 0 Å². The van der Waals surface area contributed by atoms with E-state index in [0.717, 1.165) is 0 Å². The number of thioether (sulfide) groups is 2. The van der Waals surface area contributed by atoms with Crippen LogP contribution in [0.5, 0.6) is 0 Å². The first-order valence-electron chi connectivity index (χ1n) is 7.80. The average molecular weight is 360 g/mol. The van der Waals surface area contributed by atoms with Crippen molar-refractivity contribution in [2.75, 3.05) is 0 Å². The van der Waals surface area contributed by atoms with Gasteiger partial charge in [0.25, 0.3) is 0 Å². The van der Waals surface area contributed by atoms with Crippen molar-refractivity contribution in [3.8, 4) is 0 Å². The molecule has 3 atom stereocenters. The van der Waals surface area contributed by atoms with Crippen molar-refractivity contribution in [1.82, 2.24) is 4.90 Å². The highest BCUT2D eigenvalue weighted by molar-refractivity contribution is 8.02. The molecule has 23 heavy (non-hydrogen) atoms. The molecule has 1 aliphatic rings. The minimum absolute atomic E-state index is 0.00463. The maximum atomic E-state index is 12.3. The van der Waals surface area contributed by atoms with Crippen molar-refractivity contribution in [2.24, 2.45) is 0 Å².